The Morgan fingerprint density at radius 2 is 2.06 bits per heavy atom. The van der Waals surface area contributed by atoms with Crippen molar-refractivity contribution in [2.75, 3.05) is 5.32 Å². The second kappa shape index (κ2) is 4.83. The van der Waals surface area contributed by atoms with E-state index in [4.69, 9.17) is 0 Å². The van der Waals surface area contributed by atoms with Gasteiger partial charge in [0.2, 0.25) is 5.91 Å². The van der Waals surface area contributed by atoms with Crippen LogP contribution in [0.5, 0.6) is 0 Å². The van der Waals surface area contributed by atoms with Gasteiger partial charge in [-0.3, -0.25) is 9.59 Å². The molecule has 0 atom stereocenters. The van der Waals surface area contributed by atoms with Gasteiger partial charge in [0.05, 0.1) is 5.69 Å². The first-order valence-corrected chi connectivity index (χ1v) is 5.50. The smallest absolute Gasteiger partial charge is 0.264 e. The lowest BCUT2D eigenvalue weighted by Gasteiger charge is -2.08. The monoisotopic (exact) mass is 243 g/mol. The summed E-state index contributed by atoms with van der Waals surface area (Å²) in [4.78, 5) is 22.0. The minimum atomic E-state index is -0.243. The van der Waals surface area contributed by atoms with Gasteiger partial charge in [0.25, 0.3) is 5.56 Å². The van der Waals surface area contributed by atoms with Gasteiger partial charge in [0.15, 0.2) is 0 Å². The molecule has 0 spiro atoms. The molecule has 1 aromatic heterocycles. The molecular formula is C13H13N3O2. The van der Waals surface area contributed by atoms with Gasteiger partial charge in [-0.25, -0.2) is 5.10 Å². The van der Waals surface area contributed by atoms with Crippen LogP contribution in [0.15, 0.2) is 35.1 Å². The highest BCUT2D eigenvalue weighted by molar-refractivity contribution is 5.90. The maximum atomic E-state index is 11.1. The number of amides is 1. The molecule has 2 N–H and O–H groups in total. The Labute approximate surface area is 104 Å². The molecule has 92 valence electrons. The van der Waals surface area contributed by atoms with E-state index in [1.165, 1.54) is 13.0 Å². The second-order valence-electron chi connectivity index (χ2n) is 4.02. The predicted octanol–water partition coefficient (Wildman–Crippen LogP) is 1.70. The lowest BCUT2D eigenvalue weighted by atomic mass is 10.1. The summed E-state index contributed by atoms with van der Waals surface area (Å²) in [5.41, 5.74) is 2.96. The molecule has 0 fully saturated rings. The summed E-state index contributed by atoms with van der Waals surface area (Å²) in [6.45, 7) is 3.37. The molecule has 0 aliphatic rings. The van der Waals surface area contributed by atoms with Crippen LogP contribution in [0.4, 0.5) is 5.69 Å². The molecule has 2 aromatic rings. The SMILES string of the molecule is CC(=O)Nc1cc(-c2ccc(=O)[nH]n2)ccc1C. The average molecular weight is 243 g/mol. The number of benzene rings is 1. The van der Waals surface area contributed by atoms with Gasteiger partial charge in [0.1, 0.15) is 0 Å². The quantitative estimate of drug-likeness (QED) is 0.843. The Kier molecular flexibility index (Phi) is 3.23. The Hall–Kier alpha value is -2.43. The number of carbonyl (C=O) groups excluding carboxylic acids is 1. The van der Waals surface area contributed by atoms with Crippen LogP contribution in [0.1, 0.15) is 12.5 Å². The molecular weight excluding hydrogens is 230 g/mol. The summed E-state index contributed by atoms with van der Waals surface area (Å²) < 4.78 is 0. The van der Waals surface area contributed by atoms with Crippen LogP contribution < -0.4 is 10.9 Å². The normalized spacial score (nSPS) is 10.1. The zero-order valence-corrected chi connectivity index (χ0v) is 10.2. The molecule has 0 unspecified atom stereocenters. The average Bonchev–Trinajstić information content (AvgIpc) is 2.32. The number of nitrogens with zero attached hydrogens (tertiary/aromatic N) is 1. The van der Waals surface area contributed by atoms with E-state index in [1.54, 1.807) is 6.07 Å². The Bertz CT molecular complexity index is 626. The van der Waals surface area contributed by atoms with Gasteiger partial charge in [-0.05, 0) is 24.6 Å². The number of H-pyrrole nitrogens is 1. The molecule has 0 saturated heterocycles. The lowest BCUT2D eigenvalue weighted by molar-refractivity contribution is -0.114. The third-order valence-corrected chi connectivity index (χ3v) is 2.52. The molecule has 0 saturated carbocycles. The van der Waals surface area contributed by atoms with Crippen LogP contribution in [0.2, 0.25) is 0 Å². The third-order valence-electron chi connectivity index (χ3n) is 2.52. The van der Waals surface area contributed by atoms with Crippen LogP contribution in [0.25, 0.3) is 11.3 Å². The van der Waals surface area contributed by atoms with Gasteiger partial charge in [0, 0.05) is 24.2 Å². The maximum Gasteiger partial charge on any atom is 0.264 e. The summed E-state index contributed by atoms with van der Waals surface area (Å²) in [7, 11) is 0. The van der Waals surface area contributed by atoms with Crippen LogP contribution in [0.3, 0.4) is 0 Å². The molecule has 18 heavy (non-hydrogen) atoms. The molecule has 5 nitrogen and oxygen atoms in total. The van der Waals surface area contributed by atoms with Crippen molar-refractivity contribution in [1.82, 2.24) is 10.2 Å². The van der Waals surface area contributed by atoms with Crippen LogP contribution >= 0.6 is 0 Å². The fourth-order valence-electron chi connectivity index (χ4n) is 1.61. The summed E-state index contributed by atoms with van der Waals surface area (Å²) in [5, 5.41) is 9.08. The fraction of sp³-hybridized carbons (Fsp3) is 0.154. The van der Waals surface area contributed by atoms with E-state index in [0.29, 0.717) is 5.69 Å². The van der Waals surface area contributed by atoms with E-state index in [9.17, 15) is 9.59 Å². The number of hydrogen-bond donors (Lipinski definition) is 2. The van der Waals surface area contributed by atoms with Crippen molar-refractivity contribution in [3.05, 3.63) is 46.2 Å². The molecule has 0 aliphatic heterocycles. The number of nitrogens with one attached hydrogen (secondary N) is 2. The highest BCUT2D eigenvalue weighted by Crippen LogP contribution is 2.23. The molecule has 0 bridgehead atoms. The molecule has 0 aliphatic carbocycles. The van der Waals surface area contributed by atoms with E-state index >= 15 is 0 Å². The number of aryl methyl sites for hydroxylation is 1. The van der Waals surface area contributed by atoms with Crippen molar-refractivity contribution in [3.8, 4) is 11.3 Å². The molecule has 1 aromatic carbocycles. The van der Waals surface area contributed by atoms with Crippen molar-refractivity contribution >= 4 is 11.6 Å². The summed E-state index contributed by atoms with van der Waals surface area (Å²) in [6, 6.07) is 8.67. The Morgan fingerprint density at radius 1 is 1.28 bits per heavy atom. The minimum Gasteiger partial charge on any atom is -0.326 e. The number of carbonyl (C=O) groups is 1. The van der Waals surface area contributed by atoms with Gasteiger partial charge in [-0.1, -0.05) is 12.1 Å². The summed E-state index contributed by atoms with van der Waals surface area (Å²) >= 11 is 0. The maximum absolute atomic E-state index is 11.1. The largest absolute Gasteiger partial charge is 0.326 e. The van der Waals surface area contributed by atoms with Crippen molar-refractivity contribution in [2.45, 2.75) is 13.8 Å². The van der Waals surface area contributed by atoms with E-state index < -0.39 is 0 Å². The van der Waals surface area contributed by atoms with Gasteiger partial charge in [-0.15, -0.1) is 0 Å². The second-order valence-corrected chi connectivity index (χ2v) is 4.02. The van der Waals surface area contributed by atoms with Crippen molar-refractivity contribution in [3.63, 3.8) is 0 Å². The zero-order chi connectivity index (χ0) is 13.1. The lowest BCUT2D eigenvalue weighted by Crippen LogP contribution is -2.08. The van der Waals surface area contributed by atoms with Crippen molar-refractivity contribution in [1.29, 1.82) is 0 Å². The van der Waals surface area contributed by atoms with Crippen LogP contribution in [0, 0.1) is 6.92 Å². The van der Waals surface area contributed by atoms with Gasteiger partial charge >= 0.3 is 0 Å². The first kappa shape index (κ1) is 12.0. The fourth-order valence-corrected chi connectivity index (χ4v) is 1.61. The topological polar surface area (TPSA) is 74.8 Å². The standard InChI is InChI=1S/C13H13N3O2/c1-8-3-4-10(7-12(8)14-9(2)17)11-5-6-13(18)16-15-11/h3-7H,1-2H3,(H,14,17)(H,16,18). The molecule has 2 rings (SSSR count). The van der Waals surface area contributed by atoms with Crippen molar-refractivity contribution in [2.24, 2.45) is 0 Å². The predicted molar refractivity (Wildman–Crippen MR) is 69.3 cm³/mol. The first-order chi connectivity index (χ1) is 8.56. The van der Waals surface area contributed by atoms with Crippen LogP contribution in [-0.2, 0) is 4.79 Å². The van der Waals surface area contributed by atoms with Crippen LogP contribution in [-0.4, -0.2) is 16.1 Å². The minimum absolute atomic E-state index is 0.121. The number of aromatic nitrogens is 2. The van der Waals surface area contributed by atoms with Gasteiger partial charge < -0.3 is 5.32 Å². The summed E-state index contributed by atoms with van der Waals surface area (Å²) in [6.07, 6.45) is 0. The zero-order valence-electron chi connectivity index (χ0n) is 10.2. The highest BCUT2D eigenvalue weighted by Gasteiger charge is 2.05. The van der Waals surface area contributed by atoms with E-state index in [2.05, 4.69) is 15.5 Å². The van der Waals surface area contributed by atoms with Gasteiger partial charge in [-0.2, -0.15) is 5.10 Å². The van der Waals surface area contributed by atoms with E-state index in [1.807, 2.05) is 25.1 Å². The van der Waals surface area contributed by atoms with Crippen molar-refractivity contribution < 1.29 is 4.79 Å². The van der Waals surface area contributed by atoms with E-state index in [0.717, 1.165) is 16.8 Å². The highest BCUT2D eigenvalue weighted by atomic mass is 16.1. The third kappa shape index (κ3) is 2.63. The summed E-state index contributed by atoms with van der Waals surface area (Å²) in [5.74, 6) is -0.121. The molecule has 1 heterocycles. The van der Waals surface area contributed by atoms with E-state index in [-0.39, 0.29) is 11.5 Å². The number of aromatic amines is 1. The first-order valence-electron chi connectivity index (χ1n) is 5.50. The molecule has 0 radical (unpaired) electrons. The molecule has 5 heteroatoms. The Balaban J connectivity index is 2.43. The molecule has 1 amide bonds. The number of hydrogen-bond acceptors (Lipinski definition) is 3. The Morgan fingerprint density at radius 3 is 2.67 bits per heavy atom. The number of rotatable bonds is 2. The number of anilines is 1.